The summed E-state index contributed by atoms with van der Waals surface area (Å²) in [4.78, 5) is 5.66. The van der Waals surface area contributed by atoms with Gasteiger partial charge in [0.1, 0.15) is 5.82 Å². The zero-order valence-electron chi connectivity index (χ0n) is 8.32. The molecule has 0 atom stereocenters. The summed E-state index contributed by atoms with van der Waals surface area (Å²) in [7, 11) is 2.02. The van der Waals surface area contributed by atoms with Gasteiger partial charge in [-0.25, -0.2) is 4.98 Å². The van der Waals surface area contributed by atoms with Crippen molar-refractivity contribution in [2.24, 2.45) is 12.8 Å². The van der Waals surface area contributed by atoms with Gasteiger partial charge in [0.15, 0.2) is 0 Å². The normalized spacial score (nSPS) is 10.8. The lowest BCUT2D eigenvalue weighted by Gasteiger charge is -2.02. The Morgan fingerprint density at radius 1 is 1.57 bits per heavy atom. The highest BCUT2D eigenvalue weighted by Crippen LogP contribution is 2.27. The minimum absolute atomic E-state index is 0.495. The first kappa shape index (κ1) is 9.43. The molecule has 74 valence electrons. The summed E-state index contributed by atoms with van der Waals surface area (Å²) in [5.41, 5.74) is 7.80. The van der Waals surface area contributed by atoms with Gasteiger partial charge >= 0.3 is 0 Å². The van der Waals surface area contributed by atoms with Gasteiger partial charge in [0, 0.05) is 13.6 Å². The second-order valence-corrected chi connectivity index (χ2v) is 4.14. The number of aryl methyl sites for hydroxylation is 1. The van der Waals surface area contributed by atoms with Crippen LogP contribution in [0.4, 0.5) is 0 Å². The average Bonchev–Trinajstić information content (AvgIpc) is 2.76. The molecule has 2 heterocycles. The van der Waals surface area contributed by atoms with E-state index in [0.29, 0.717) is 6.54 Å². The molecule has 2 aromatic rings. The molecule has 2 rings (SSSR count). The lowest BCUT2D eigenvalue weighted by Crippen LogP contribution is -1.99. The molecule has 3 nitrogen and oxygen atoms in total. The van der Waals surface area contributed by atoms with Crippen molar-refractivity contribution in [2.75, 3.05) is 0 Å². The van der Waals surface area contributed by atoms with Gasteiger partial charge < -0.3 is 10.3 Å². The Kier molecular flexibility index (Phi) is 2.39. The Labute approximate surface area is 87.2 Å². The van der Waals surface area contributed by atoms with E-state index in [2.05, 4.69) is 21.0 Å². The van der Waals surface area contributed by atoms with Crippen molar-refractivity contribution < 1.29 is 0 Å². The molecule has 0 unspecified atom stereocenters. The number of imidazole rings is 1. The average molecular weight is 207 g/mol. The molecular formula is C10H13N3S. The molecule has 14 heavy (non-hydrogen) atoms. The zero-order chi connectivity index (χ0) is 10.1. The third-order valence-electron chi connectivity index (χ3n) is 2.34. The van der Waals surface area contributed by atoms with E-state index < -0.39 is 0 Å². The van der Waals surface area contributed by atoms with Gasteiger partial charge in [-0.2, -0.15) is 0 Å². The van der Waals surface area contributed by atoms with E-state index in [1.165, 1.54) is 4.88 Å². The highest BCUT2D eigenvalue weighted by Gasteiger charge is 2.13. The van der Waals surface area contributed by atoms with E-state index >= 15 is 0 Å². The number of nitrogens with two attached hydrogens (primary N) is 1. The second-order valence-electron chi connectivity index (χ2n) is 3.19. The van der Waals surface area contributed by atoms with Crippen LogP contribution in [-0.2, 0) is 13.6 Å². The summed E-state index contributed by atoms with van der Waals surface area (Å²) in [6.45, 7) is 2.49. The third-order valence-corrected chi connectivity index (χ3v) is 3.22. The van der Waals surface area contributed by atoms with Gasteiger partial charge in [-0.3, -0.25) is 0 Å². The smallest absolute Gasteiger partial charge is 0.106 e. The molecule has 0 spiro atoms. The van der Waals surface area contributed by atoms with E-state index in [1.807, 2.05) is 20.0 Å². The summed E-state index contributed by atoms with van der Waals surface area (Å²) < 4.78 is 2.09. The summed E-state index contributed by atoms with van der Waals surface area (Å²) in [6.07, 6.45) is 0. The van der Waals surface area contributed by atoms with Crippen LogP contribution in [0.3, 0.4) is 0 Å². The molecule has 0 aliphatic rings. The second kappa shape index (κ2) is 3.55. The van der Waals surface area contributed by atoms with Gasteiger partial charge in [0.25, 0.3) is 0 Å². The van der Waals surface area contributed by atoms with Gasteiger partial charge in [-0.15, -0.1) is 11.3 Å². The third kappa shape index (κ3) is 1.36. The maximum atomic E-state index is 5.67. The van der Waals surface area contributed by atoms with Crippen LogP contribution in [0.15, 0.2) is 17.5 Å². The SMILES string of the molecule is Cc1nc(CN)c(-c2cccs2)n1C. The quantitative estimate of drug-likeness (QED) is 0.817. The van der Waals surface area contributed by atoms with Crippen LogP contribution in [0.1, 0.15) is 11.5 Å². The van der Waals surface area contributed by atoms with Crippen molar-refractivity contribution in [1.82, 2.24) is 9.55 Å². The fourth-order valence-electron chi connectivity index (χ4n) is 1.54. The molecule has 0 bridgehead atoms. The van der Waals surface area contributed by atoms with E-state index in [1.54, 1.807) is 11.3 Å². The van der Waals surface area contributed by atoms with E-state index in [9.17, 15) is 0 Å². The van der Waals surface area contributed by atoms with Crippen LogP contribution in [0, 0.1) is 6.92 Å². The Morgan fingerprint density at radius 3 is 2.93 bits per heavy atom. The maximum absolute atomic E-state index is 5.67. The molecule has 0 aliphatic heterocycles. The monoisotopic (exact) mass is 207 g/mol. The standard InChI is InChI=1S/C10H13N3S/c1-7-12-8(6-11)10(13(7)2)9-4-3-5-14-9/h3-5H,6,11H2,1-2H3. The number of hydrogen-bond donors (Lipinski definition) is 1. The van der Waals surface area contributed by atoms with Crippen LogP contribution in [0.25, 0.3) is 10.6 Å². The molecule has 2 aromatic heterocycles. The van der Waals surface area contributed by atoms with Crippen molar-refractivity contribution in [1.29, 1.82) is 0 Å². The van der Waals surface area contributed by atoms with Crippen LogP contribution < -0.4 is 5.73 Å². The van der Waals surface area contributed by atoms with Gasteiger partial charge in [0.05, 0.1) is 16.3 Å². The van der Waals surface area contributed by atoms with Crippen molar-refractivity contribution in [3.05, 3.63) is 29.0 Å². The van der Waals surface area contributed by atoms with Crippen molar-refractivity contribution in [3.63, 3.8) is 0 Å². The Hall–Kier alpha value is -1.13. The fourth-order valence-corrected chi connectivity index (χ4v) is 2.37. The molecule has 4 heteroatoms. The molecule has 0 saturated carbocycles. The van der Waals surface area contributed by atoms with Crippen LogP contribution in [0.2, 0.25) is 0 Å². The van der Waals surface area contributed by atoms with Gasteiger partial charge in [0.2, 0.25) is 0 Å². The van der Waals surface area contributed by atoms with Crippen LogP contribution >= 0.6 is 11.3 Å². The lowest BCUT2D eigenvalue weighted by molar-refractivity contribution is 0.866. The van der Waals surface area contributed by atoms with E-state index in [4.69, 9.17) is 5.73 Å². The fraction of sp³-hybridized carbons (Fsp3) is 0.300. The Morgan fingerprint density at radius 2 is 2.36 bits per heavy atom. The maximum Gasteiger partial charge on any atom is 0.106 e. The van der Waals surface area contributed by atoms with Crippen molar-refractivity contribution in [3.8, 4) is 10.6 Å². The molecule has 0 fully saturated rings. The van der Waals surface area contributed by atoms with Crippen LogP contribution in [0.5, 0.6) is 0 Å². The van der Waals surface area contributed by atoms with Crippen LogP contribution in [-0.4, -0.2) is 9.55 Å². The first-order chi connectivity index (χ1) is 6.74. The molecule has 0 amide bonds. The molecule has 0 saturated heterocycles. The first-order valence-electron chi connectivity index (χ1n) is 4.50. The number of thiophene rings is 1. The van der Waals surface area contributed by atoms with Crippen molar-refractivity contribution in [2.45, 2.75) is 13.5 Å². The predicted molar refractivity (Wildman–Crippen MR) is 59.1 cm³/mol. The van der Waals surface area contributed by atoms with Gasteiger partial charge in [-0.1, -0.05) is 6.07 Å². The Balaban J connectivity index is 2.61. The molecule has 2 N–H and O–H groups in total. The highest BCUT2D eigenvalue weighted by atomic mass is 32.1. The zero-order valence-corrected chi connectivity index (χ0v) is 9.14. The minimum atomic E-state index is 0.495. The van der Waals surface area contributed by atoms with E-state index in [0.717, 1.165) is 17.2 Å². The first-order valence-corrected chi connectivity index (χ1v) is 5.38. The molecule has 0 aliphatic carbocycles. The van der Waals surface area contributed by atoms with Crippen molar-refractivity contribution >= 4 is 11.3 Å². The van der Waals surface area contributed by atoms with E-state index in [-0.39, 0.29) is 0 Å². The summed E-state index contributed by atoms with van der Waals surface area (Å²) in [5.74, 6) is 1.01. The molecular weight excluding hydrogens is 194 g/mol. The summed E-state index contributed by atoms with van der Waals surface area (Å²) in [5, 5.41) is 2.07. The highest BCUT2D eigenvalue weighted by molar-refractivity contribution is 7.13. The predicted octanol–water partition coefficient (Wildman–Crippen LogP) is 1.92. The summed E-state index contributed by atoms with van der Waals surface area (Å²) in [6, 6.07) is 4.14. The largest absolute Gasteiger partial charge is 0.330 e. The minimum Gasteiger partial charge on any atom is -0.330 e. The Bertz CT molecular complexity index is 428. The summed E-state index contributed by atoms with van der Waals surface area (Å²) >= 11 is 1.72. The topological polar surface area (TPSA) is 43.8 Å². The molecule has 0 aromatic carbocycles. The number of hydrogen-bond acceptors (Lipinski definition) is 3. The number of aromatic nitrogens is 2. The number of nitrogens with zero attached hydrogens (tertiary/aromatic N) is 2. The lowest BCUT2D eigenvalue weighted by atomic mass is 10.3. The van der Waals surface area contributed by atoms with Gasteiger partial charge in [-0.05, 0) is 18.4 Å². The number of rotatable bonds is 2. The molecule has 0 radical (unpaired) electrons.